The minimum Gasteiger partial charge on any atom is -0.369 e. The Morgan fingerprint density at radius 2 is 1.35 bits per heavy atom. The van der Waals surface area contributed by atoms with Crippen molar-refractivity contribution < 1.29 is 18.0 Å². The first-order valence-corrected chi connectivity index (χ1v) is 7.48. The Kier molecular flexibility index (Phi) is 4.94. The van der Waals surface area contributed by atoms with Crippen LogP contribution in [0.25, 0.3) is 0 Å². The summed E-state index contributed by atoms with van der Waals surface area (Å²) in [6, 6.07) is 0.529. The van der Waals surface area contributed by atoms with E-state index in [4.69, 9.17) is 5.73 Å². The largest absolute Gasteiger partial charge is 0.391 e. The van der Waals surface area contributed by atoms with Gasteiger partial charge in [0, 0.05) is 18.0 Å². The number of hydrogen-bond acceptors (Lipinski definition) is 2. The molecule has 0 aromatic rings. The maximum Gasteiger partial charge on any atom is 0.391 e. The third kappa shape index (κ3) is 4.11. The van der Waals surface area contributed by atoms with E-state index in [0.717, 1.165) is 25.7 Å². The van der Waals surface area contributed by atoms with Crippen LogP contribution in [0.4, 0.5) is 13.2 Å². The SMILES string of the molecule is NC(=O)C1CCC(NC2CCC(C(F)(F)F)CC2)CC1. The van der Waals surface area contributed by atoms with Crippen LogP contribution in [0.2, 0.25) is 0 Å². The lowest BCUT2D eigenvalue weighted by atomic mass is 9.82. The molecule has 3 N–H and O–H groups in total. The number of nitrogens with one attached hydrogen (secondary N) is 1. The third-order valence-electron chi connectivity index (χ3n) is 4.79. The van der Waals surface area contributed by atoms with Crippen molar-refractivity contribution in [2.75, 3.05) is 0 Å². The predicted molar refractivity (Wildman–Crippen MR) is 69.9 cm³/mol. The number of carbonyl (C=O) groups is 1. The highest BCUT2D eigenvalue weighted by molar-refractivity contribution is 5.76. The van der Waals surface area contributed by atoms with Crippen LogP contribution in [0.5, 0.6) is 0 Å². The van der Waals surface area contributed by atoms with E-state index >= 15 is 0 Å². The van der Waals surface area contributed by atoms with Crippen molar-refractivity contribution in [3.8, 4) is 0 Å². The Labute approximate surface area is 117 Å². The summed E-state index contributed by atoms with van der Waals surface area (Å²) in [6.45, 7) is 0. The molecule has 3 nitrogen and oxygen atoms in total. The minimum absolute atomic E-state index is 0.0194. The average Bonchev–Trinajstić information content (AvgIpc) is 2.39. The Morgan fingerprint density at radius 1 is 0.900 bits per heavy atom. The van der Waals surface area contributed by atoms with Crippen LogP contribution in [0, 0.1) is 11.8 Å². The van der Waals surface area contributed by atoms with Gasteiger partial charge >= 0.3 is 6.18 Å². The number of alkyl halides is 3. The van der Waals surface area contributed by atoms with E-state index in [9.17, 15) is 18.0 Å². The molecule has 0 saturated heterocycles. The van der Waals surface area contributed by atoms with Crippen molar-refractivity contribution in [1.82, 2.24) is 5.32 Å². The highest BCUT2D eigenvalue weighted by Crippen LogP contribution is 2.38. The number of rotatable bonds is 3. The van der Waals surface area contributed by atoms with Gasteiger partial charge in [-0.25, -0.2) is 0 Å². The van der Waals surface area contributed by atoms with Crippen LogP contribution in [0.3, 0.4) is 0 Å². The molecule has 6 heteroatoms. The molecule has 20 heavy (non-hydrogen) atoms. The summed E-state index contributed by atoms with van der Waals surface area (Å²) in [7, 11) is 0. The first-order chi connectivity index (χ1) is 9.36. The van der Waals surface area contributed by atoms with E-state index in [2.05, 4.69) is 5.32 Å². The number of primary amides is 1. The zero-order chi connectivity index (χ0) is 14.8. The number of nitrogens with two attached hydrogens (primary N) is 1. The van der Waals surface area contributed by atoms with Gasteiger partial charge in [0.1, 0.15) is 0 Å². The van der Waals surface area contributed by atoms with Gasteiger partial charge in [-0.2, -0.15) is 13.2 Å². The maximum absolute atomic E-state index is 12.6. The standard InChI is InChI=1S/C14H23F3N2O/c15-14(16,17)10-3-7-12(8-4-10)19-11-5-1-9(2-6-11)13(18)20/h9-12,19H,1-8H2,(H2,18,20). The fourth-order valence-electron chi connectivity index (χ4n) is 3.47. The summed E-state index contributed by atoms with van der Waals surface area (Å²) >= 11 is 0. The zero-order valence-electron chi connectivity index (χ0n) is 11.6. The summed E-state index contributed by atoms with van der Waals surface area (Å²) in [4.78, 5) is 11.1. The van der Waals surface area contributed by atoms with Crippen molar-refractivity contribution in [1.29, 1.82) is 0 Å². The summed E-state index contributed by atoms with van der Waals surface area (Å²) in [5, 5.41) is 3.47. The topological polar surface area (TPSA) is 55.1 Å². The van der Waals surface area contributed by atoms with E-state index in [-0.39, 0.29) is 30.7 Å². The molecule has 0 unspecified atom stereocenters. The Morgan fingerprint density at radius 3 is 1.75 bits per heavy atom. The van der Waals surface area contributed by atoms with E-state index in [1.54, 1.807) is 0 Å². The van der Waals surface area contributed by atoms with E-state index in [1.807, 2.05) is 0 Å². The quantitative estimate of drug-likeness (QED) is 0.840. The van der Waals surface area contributed by atoms with Gasteiger partial charge in [0.15, 0.2) is 0 Å². The molecule has 0 heterocycles. The van der Waals surface area contributed by atoms with Gasteiger partial charge in [-0.05, 0) is 51.4 Å². The number of amides is 1. The minimum atomic E-state index is -4.04. The van der Waals surface area contributed by atoms with Crippen LogP contribution < -0.4 is 11.1 Å². The van der Waals surface area contributed by atoms with Gasteiger partial charge in [0.2, 0.25) is 5.91 Å². The lowest BCUT2D eigenvalue weighted by Crippen LogP contribution is -2.44. The fraction of sp³-hybridized carbons (Fsp3) is 0.929. The van der Waals surface area contributed by atoms with Gasteiger partial charge in [-0.15, -0.1) is 0 Å². The van der Waals surface area contributed by atoms with Crippen LogP contribution >= 0.6 is 0 Å². The lowest BCUT2D eigenvalue weighted by molar-refractivity contribution is -0.182. The number of halogens is 3. The lowest BCUT2D eigenvalue weighted by Gasteiger charge is -2.35. The van der Waals surface area contributed by atoms with Crippen LogP contribution in [0.1, 0.15) is 51.4 Å². The average molecular weight is 292 g/mol. The molecule has 0 atom stereocenters. The molecule has 2 rings (SSSR count). The predicted octanol–water partition coefficient (Wildman–Crippen LogP) is 2.74. The molecule has 0 bridgehead atoms. The molecule has 1 amide bonds. The molecular weight excluding hydrogens is 269 g/mol. The molecule has 2 fully saturated rings. The van der Waals surface area contributed by atoms with Crippen molar-refractivity contribution in [2.45, 2.75) is 69.6 Å². The fourth-order valence-corrected chi connectivity index (χ4v) is 3.47. The second kappa shape index (κ2) is 6.33. The molecule has 2 aliphatic rings. The van der Waals surface area contributed by atoms with E-state index < -0.39 is 12.1 Å². The van der Waals surface area contributed by atoms with Crippen molar-refractivity contribution in [3.05, 3.63) is 0 Å². The summed E-state index contributed by atoms with van der Waals surface area (Å²) in [6.07, 6.45) is 1.01. The monoisotopic (exact) mass is 292 g/mol. The van der Waals surface area contributed by atoms with Crippen LogP contribution in [-0.4, -0.2) is 24.2 Å². The van der Waals surface area contributed by atoms with Crippen molar-refractivity contribution in [2.24, 2.45) is 17.6 Å². The Hall–Kier alpha value is -0.780. The summed E-state index contributed by atoms with van der Waals surface area (Å²) < 4.78 is 37.7. The highest BCUT2D eigenvalue weighted by atomic mass is 19.4. The first-order valence-electron chi connectivity index (χ1n) is 7.48. The van der Waals surface area contributed by atoms with Crippen LogP contribution in [-0.2, 0) is 4.79 Å². The van der Waals surface area contributed by atoms with Gasteiger partial charge in [-0.1, -0.05) is 0 Å². The second-order valence-corrected chi connectivity index (χ2v) is 6.21. The summed E-state index contributed by atoms with van der Waals surface area (Å²) in [5.41, 5.74) is 5.29. The van der Waals surface area contributed by atoms with Gasteiger partial charge in [0.25, 0.3) is 0 Å². The maximum atomic E-state index is 12.6. The Balaban J connectivity index is 1.70. The number of carbonyl (C=O) groups excluding carboxylic acids is 1. The molecule has 0 spiro atoms. The van der Waals surface area contributed by atoms with Crippen molar-refractivity contribution >= 4 is 5.91 Å². The molecule has 0 aliphatic heterocycles. The third-order valence-corrected chi connectivity index (χ3v) is 4.79. The Bertz CT molecular complexity index is 330. The zero-order valence-corrected chi connectivity index (χ0v) is 11.6. The van der Waals surface area contributed by atoms with E-state index in [1.165, 1.54) is 0 Å². The number of hydrogen-bond donors (Lipinski definition) is 2. The smallest absolute Gasteiger partial charge is 0.369 e. The molecular formula is C14H23F3N2O. The van der Waals surface area contributed by atoms with Gasteiger partial charge < -0.3 is 11.1 Å². The molecule has 0 radical (unpaired) electrons. The van der Waals surface area contributed by atoms with Gasteiger partial charge in [0.05, 0.1) is 5.92 Å². The summed E-state index contributed by atoms with van der Waals surface area (Å²) in [5.74, 6) is -1.37. The molecule has 2 saturated carbocycles. The molecule has 2 aliphatic carbocycles. The van der Waals surface area contributed by atoms with E-state index in [0.29, 0.717) is 18.9 Å². The van der Waals surface area contributed by atoms with Crippen molar-refractivity contribution in [3.63, 3.8) is 0 Å². The second-order valence-electron chi connectivity index (χ2n) is 6.21. The molecule has 0 aromatic carbocycles. The first kappa shape index (κ1) is 15.6. The van der Waals surface area contributed by atoms with Gasteiger partial charge in [-0.3, -0.25) is 4.79 Å². The molecule has 0 aromatic heterocycles. The molecule has 116 valence electrons. The van der Waals surface area contributed by atoms with Crippen LogP contribution in [0.15, 0.2) is 0 Å². The normalized spacial score (nSPS) is 35.8. The highest BCUT2D eigenvalue weighted by Gasteiger charge is 2.41.